The molecule has 1 aliphatic rings. The minimum absolute atomic E-state index is 0.322. The highest BCUT2D eigenvalue weighted by molar-refractivity contribution is 6.47. The Morgan fingerprint density at radius 3 is 2.25 bits per heavy atom. The van der Waals surface area contributed by atoms with Gasteiger partial charge in [0.15, 0.2) is 0 Å². The van der Waals surface area contributed by atoms with Crippen LogP contribution in [0.2, 0.25) is 0 Å². The molecule has 0 unspecified atom stereocenters. The van der Waals surface area contributed by atoms with Crippen LogP contribution in [0.4, 0.5) is 4.39 Å². The topological polar surface area (TPSA) is 53.7 Å². The minimum Gasteiger partial charge on any atom is -0.497 e. The second kappa shape index (κ2) is 5.02. The summed E-state index contributed by atoms with van der Waals surface area (Å²) < 4.78 is 30.8. The fraction of sp³-hybridized carbons (Fsp3) is 0.571. The average Bonchev–Trinajstić information content (AvgIpc) is 2.58. The van der Waals surface area contributed by atoms with Gasteiger partial charge in [0.05, 0.1) is 24.3 Å². The molecule has 0 radical (unpaired) electrons. The summed E-state index contributed by atoms with van der Waals surface area (Å²) in [5.41, 5.74) is 5.45. The third kappa shape index (κ3) is 2.55. The minimum atomic E-state index is -0.717. The van der Waals surface area contributed by atoms with Crippen LogP contribution in [0.1, 0.15) is 39.2 Å². The van der Waals surface area contributed by atoms with Crippen LogP contribution >= 0.6 is 0 Å². The van der Waals surface area contributed by atoms with Crippen molar-refractivity contribution in [2.75, 3.05) is 7.11 Å². The second-order valence-corrected chi connectivity index (χ2v) is 6.04. The van der Waals surface area contributed by atoms with Crippen molar-refractivity contribution in [3.8, 4) is 5.75 Å². The summed E-state index contributed by atoms with van der Waals surface area (Å²) in [6.45, 7) is 7.73. The van der Waals surface area contributed by atoms with Crippen molar-refractivity contribution in [2.24, 2.45) is 5.73 Å². The first kappa shape index (κ1) is 15.3. The molecule has 0 saturated carbocycles. The van der Waals surface area contributed by atoms with Gasteiger partial charge in [0.2, 0.25) is 0 Å². The van der Waals surface area contributed by atoms with E-state index in [4.69, 9.17) is 19.8 Å². The summed E-state index contributed by atoms with van der Waals surface area (Å²) >= 11 is 0. The van der Waals surface area contributed by atoms with Gasteiger partial charge in [-0.2, -0.15) is 0 Å². The lowest BCUT2D eigenvalue weighted by molar-refractivity contribution is 0.00578. The van der Waals surface area contributed by atoms with E-state index in [1.807, 2.05) is 27.7 Å². The van der Waals surface area contributed by atoms with Gasteiger partial charge in [-0.25, -0.2) is 4.39 Å². The normalized spacial score (nSPS) is 21.9. The second-order valence-electron chi connectivity index (χ2n) is 6.04. The van der Waals surface area contributed by atoms with Gasteiger partial charge in [0.1, 0.15) is 11.6 Å². The fourth-order valence-electron chi connectivity index (χ4n) is 2.09. The van der Waals surface area contributed by atoms with Crippen LogP contribution < -0.4 is 10.5 Å². The van der Waals surface area contributed by atoms with Gasteiger partial charge in [-0.1, -0.05) is 0 Å². The van der Waals surface area contributed by atoms with Crippen molar-refractivity contribution in [2.45, 2.75) is 44.8 Å². The highest BCUT2D eigenvalue weighted by Crippen LogP contribution is 2.40. The standard InChI is InChI=1S/C14H21BFNO3/c1-13(2)14(3,4)20-15(19-13)12(17)10-8-9(18-5)6-7-11(10)16/h6-8,12H,17H2,1-5H3/t12-/m0/s1. The van der Waals surface area contributed by atoms with Crippen LogP contribution in [0, 0.1) is 5.82 Å². The van der Waals surface area contributed by atoms with Gasteiger partial charge in [-0.3, -0.25) is 0 Å². The molecule has 2 N–H and O–H groups in total. The molecule has 1 aromatic rings. The van der Waals surface area contributed by atoms with Gasteiger partial charge in [-0.05, 0) is 45.9 Å². The molecular formula is C14H21BFNO3. The zero-order valence-electron chi connectivity index (χ0n) is 12.6. The van der Waals surface area contributed by atoms with E-state index in [1.165, 1.54) is 13.2 Å². The van der Waals surface area contributed by atoms with Crippen LogP contribution in [0.5, 0.6) is 5.75 Å². The van der Waals surface area contributed by atoms with E-state index in [2.05, 4.69) is 0 Å². The first-order valence-electron chi connectivity index (χ1n) is 6.62. The molecule has 0 bridgehead atoms. The van der Waals surface area contributed by atoms with Crippen LogP contribution in [-0.4, -0.2) is 25.4 Å². The Balaban J connectivity index is 2.27. The predicted octanol–water partition coefficient (Wildman–Crippen LogP) is 2.47. The van der Waals surface area contributed by atoms with Crippen molar-refractivity contribution in [3.63, 3.8) is 0 Å². The molecule has 4 nitrogen and oxygen atoms in total. The number of hydrogen-bond donors (Lipinski definition) is 1. The van der Waals surface area contributed by atoms with Gasteiger partial charge in [0, 0.05) is 5.56 Å². The van der Waals surface area contributed by atoms with Crippen LogP contribution in [-0.2, 0) is 9.31 Å². The number of hydrogen-bond acceptors (Lipinski definition) is 4. The Kier molecular flexibility index (Phi) is 3.84. The smallest absolute Gasteiger partial charge is 0.480 e. The summed E-state index contributed by atoms with van der Waals surface area (Å²) in [6.07, 6.45) is 0. The van der Waals surface area contributed by atoms with E-state index < -0.39 is 30.1 Å². The summed E-state index contributed by atoms with van der Waals surface area (Å²) in [7, 11) is 0.832. The van der Waals surface area contributed by atoms with Crippen molar-refractivity contribution >= 4 is 7.12 Å². The lowest BCUT2D eigenvalue weighted by Crippen LogP contribution is -2.41. The van der Waals surface area contributed by atoms with Crippen molar-refractivity contribution in [1.29, 1.82) is 0 Å². The van der Waals surface area contributed by atoms with Crippen LogP contribution in [0.3, 0.4) is 0 Å². The molecule has 1 saturated heterocycles. The summed E-state index contributed by atoms with van der Waals surface area (Å²) in [6, 6.07) is 4.46. The predicted molar refractivity (Wildman–Crippen MR) is 76.0 cm³/mol. The number of ether oxygens (including phenoxy) is 1. The maximum atomic E-state index is 13.9. The average molecular weight is 281 g/mol. The highest BCUT2D eigenvalue weighted by Gasteiger charge is 2.53. The Bertz CT molecular complexity index is 491. The lowest BCUT2D eigenvalue weighted by Gasteiger charge is -2.32. The molecular weight excluding hydrogens is 260 g/mol. The van der Waals surface area contributed by atoms with Crippen LogP contribution in [0.25, 0.3) is 0 Å². The van der Waals surface area contributed by atoms with E-state index in [-0.39, 0.29) is 0 Å². The molecule has 1 heterocycles. The molecule has 6 heteroatoms. The monoisotopic (exact) mass is 281 g/mol. The summed E-state index contributed by atoms with van der Waals surface area (Å²) in [5.74, 6) is -0.562. The molecule has 0 amide bonds. The number of nitrogens with two attached hydrogens (primary N) is 1. The number of benzene rings is 1. The van der Waals surface area contributed by atoms with Gasteiger partial charge < -0.3 is 19.8 Å². The first-order valence-corrected chi connectivity index (χ1v) is 6.62. The Morgan fingerprint density at radius 1 is 1.20 bits per heavy atom. The molecule has 0 aliphatic carbocycles. The van der Waals surface area contributed by atoms with E-state index in [1.54, 1.807) is 12.1 Å². The molecule has 1 aromatic carbocycles. The molecule has 2 rings (SSSR count). The largest absolute Gasteiger partial charge is 0.497 e. The Morgan fingerprint density at radius 2 is 1.75 bits per heavy atom. The first-order chi connectivity index (χ1) is 9.18. The van der Waals surface area contributed by atoms with E-state index in [9.17, 15) is 4.39 Å². The lowest BCUT2D eigenvalue weighted by atomic mass is 9.74. The molecule has 20 heavy (non-hydrogen) atoms. The quantitative estimate of drug-likeness (QED) is 0.865. The third-order valence-corrected chi connectivity index (χ3v) is 4.13. The van der Waals surface area contributed by atoms with Crippen molar-refractivity contribution in [3.05, 3.63) is 29.6 Å². The van der Waals surface area contributed by atoms with E-state index in [0.717, 1.165) is 0 Å². The molecule has 1 atom stereocenters. The van der Waals surface area contributed by atoms with E-state index >= 15 is 0 Å². The SMILES string of the molecule is COc1ccc(F)c([C@H](N)B2OC(C)(C)C(C)(C)O2)c1. The number of rotatable bonds is 3. The molecule has 0 spiro atoms. The molecule has 0 aromatic heterocycles. The number of halogens is 1. The summed E-state index contributed by atoms with van der Waals surface area (Å²) in [5, 5.41) is 0. The maximum absolute atomic E-state index is 13.9. The van der Waals surface area contributed by atoms with Crippen molar-refractivity contribution in [1.82, 2.24) is 0 Å². The Labute approximate surface area is 119 Å². The molecule has 1 fully saturated rings. The number of methoxy groups -OCH3 is 1. The van der Waals surface area contributed by atoms with Gasteiger partial charge in [-0.15, -0.1) is 0 Å². The Hall–Kier alpha value is -1.11. The zero-order chi connectivity index (χ0) is 15.1. The van der Waals surface area contributed by atoms with Crippen LogP contribution in [0.15, 0.2) is 18.2 Å². The highest BCUT2D eigenvalue weighted by atomic mass is 19.1. The summed E-state index contributed by atoms with van der Waals surface area (Å²) in [4.78, 5) is 0. The molecule has 1 aliphatic heterocycles. The zero-order valence-corrected chi connectivity index (χ0v) is 12.6. The maximum Gasteiger partial charge on any atom is 0.480 e. The van der Waals surface area contributed by atoms with Gasteiger partial charge >= 0.3 is 7.12 Å². The fourth-order valence-corrected chi connectivity index (χ4v) is 2.09. The molecule has 110 valence electrons. The third-order valence-electron chi connectivity index (χ3n) is 4.13. The van der Waals surface area contributed by atoms with E-state index in [0.29, 0.717) is 11.3 Å². The van der Waals surface area contributed by atoms with Gasteiger partial charge in [0.25, 0.3) is 0 Å². The van der Waals surface area contributed by atoms with Crippen molar-refractivity contribution < 1.29 is 18.4 Å².